The molecule has 1 aliphatic rings. The number of aromatic amines is 1. The first-order valence-corrected chi connectivity index (χ1v) is 6.97. The molecule has 21 heavy (non-hydrogen) atoms. The van der Waals surface area contributed by atoms with Gasteiger partial charge in [-0.05, 0) is 43.9 Å². The van der Waals surface area contributed by atoms with Gasteiger partial charge < -0.3 is 9.52 Å². The third-order valence-corrected chi connectivity index (χ3v) is 4.26. The maximum absolute atomic E-state index is 12.0. The van der Waals surface area contributed by atoms with Gasteiger partial charge >= 0.3 is 5.63 Å². The Hall–Kier alpha value is -2.56. The molecule has 5 nitrogen and oxygen atoms in total. The quantitative estimate of drug-likeness (QED) is 0.672. The number of nitrogens with zero attached hydrogens (tertiary/aromatic N) is 1. The summed E-state index contributed by atoms with van der Waals surface area (Å²) in [5.74, 6) is 0.118. The van der Waals surface area contributed by atoms with Crippen LogP contribution in [0.15, 0.2) is 27.5 Å². The van der Waals surface area contributed by atoms with Gasteiger partial charge in [0.15, 0.2) is 0 Å². The minimum Gasteiger partial charge on any atom is -0.507 e. The number of hydrogen-bond donors (Lipinski definition) is 2. The van der Waals surface area contributed by atoms with Gasteiger partial charge in [-0.2, -0.15) is 5.10 Å². The maximum atomic E-state index is 12.0. The van der Waals surface area contributed by atoms with Crippen LogP contribution in [0.5, 0.6) is 5.75 Å². The number of rotatable bonds is 1. The van der Waals surface area contributed by atoms with Crippen LogP contribution >= 0.6 is 0 Å². The van der Waals surface area contributed by atoms with Crippen LogP contribution in [0.2, 0.25) is 0 Å². The Morgan fingerprint density at radius 1 is 1.33 bits per heavy atom. The molecule has 0 aliphatic heterocycles. The monoisotopic (exact) mass is 282 g/mol. The molecule has 2 N–H and O–H groups in total. The molecule has 0 atom stereocenters. The molecule has 1 aromatic carbocycles. The number of phenols is 1. The summed E-state index contributed by atoms with van der Waals surface area (Å²) < 4.78 is 5.45. The average Bonchev–Trinajstić information content (AvgIpc) is 3.14. The van der Waals surface area contributed by atoms with Crippen molar-refractivity contribution in [1.82, 2.24) is 10.2 Å². The van der Waals surface area contributed by atoms with Crippen molar-refractivity contribution in [3.63, 3.8) is 0 Å². The molecule has 5 heteroatoms. The van der Waals surface area contributed by atoms with Gasteiger partial charge in [-0.3, -0.25) is 5.10 Å². The number of nitrogens with one attached hydrogen (secondary N) is 1. The first kappa shape index (κ1) is 12.2. The summed E-state index contributed by atoms with van der Waals surface area (Å²) in [6.07, 6.45) is 4.26. The molecule has 0 saturated carbocycles. The lowest BCUT2D eigenvalue weighted by molar-refractivity contribution is 0.469. The molecule has 2 heterocycles. The Morgan fingerprint density at radius 2 is 2.14 bits per heavy atom. The fraction of sp³-hybridized carbons (Fsp3) is 0.250. The topological polar surface area (TPSA) is 79.1 Å². The molecule has 0 spiro atoms. The van der Waals surface area contributed by atoms with Crippen molar-refractivity contribution < 1.29 is 9.52 Å². The molecule has 1 aliphatic carbocycles. The molecule has 3 aromatic rings. The summed E-state index contributed by atoms with van der Waals surface area (Å²) in [6, 6.07) is 3.69. The number of H-pyrrole nitrogens is 1. The Kier molecular flexibility index (Phi) is 2.45. The Balaban J connectivity index is 2.14. The highest BCUT2D eigenvalue weighted by Gasteiger charge is 2.23. The van der Waals surface area contributed by atoms with Gasteiger partial charge in [-0.25, -0.2) is 4.79 Å². The second-order valence-electron chi connectivity index (χ2n) is 5.44. The number of aromatic nitrogens is 2. The van der Waals surface area contributed by atoms with E-state index >= 15 is 0 Å². The van der Waals surface area contributed by atoms with Crippen LogP contribution < -0.4 is 5.63 Å². The van der Waals surface area contributed by atoms with Crippen LogP contribution in [0.1, 0.15) is 23.1 Å². The average molecular weight is 282 g/mol. The summed E-state index contributed by atoms with van der Waals surface area (Å²) in [5.41, 5.74) is 4.07. The molecule has 0 bridgehead atoms. The Morgan fingerprint density at radius 3 is 2.90 bits per heavy atom. The van der Waals surface area contributed by atoms with Crippen molar-refractivity contribution in [3.8, 4) is 17.0 Å². The zero-order valence-corrected chi connectivity index (χ0v) is 11.6. The molecule has 0 fully saturated rings. The lowest BCUT2D eigenvalue weighted by atomic mass is 9.98. The largest absolute Gasteiger partial charge is 0.507 e. The molecule has 0 amide bonds. The number of phenolic OH excluding ortho intramolecular Hbond substituents is 1. The Bertz CT molecular complexity index is 908. The third-order valence-electron chi connectivity index (χ3n) is 4.26. The predicted octanol–water partition coefficient (Wildman–Crippen LogP) is 2.69. The van der Waals surface area contributed by atoms with Gasteiger partial charge in [0.25, 0.3) is 0 Å². The lowest BCUT2D eigenvalue weighted by Gasteiger charge is -2.11. The smallest absolute Gasteiger partial charge is 0.339 e. The highest BCUT2D eigenvalue weighted by Crippen LogP contribution is 2.39. The fourth-order valence-corrected chi connectivity index (χ4v) is 3.18. The van der Waals surface area contributed by atoms with Crippen molar-refractivity contribution in [3.05, 3.63) is 45.4 Å². The van der Waals surface area contributed by atoms with Gasteiger partial charge in [0.05, 0.1) is 5.69 Å². The molecule has 106 valence electrons. The molecule has 0 saturated heterocycles. The van der Waals surface area contributed by atoms with Gasteiger partial charge in [0.2, 0.25) is 0 Å². The van der Waals surface area contributed by atoms with Crippen molar-refractivity contribution in [2.24, 2.45) is 0 Å². The van der Waals surface area contributed by atoms with Crippen molar-refractivity contribution in [1.29, 1.82) is 0 Å². The van der Waals surface area contributed by atoms with E-state index < -0.39 is 0 Å². The van der Waals surface area contributed by atoms with E-state index in [0.29, 0.717) is 16.7 Å². The zero-order chi connectivity index (χ0) is 14.6. The van der Waals surface area contributed by atoms with Crippen LogP contribution in [0.25, 0.3) is 22.2 Å². The normalized spacial score (nSPS) is 13.8. The number of fused-ring (bicyclic) bond motifs is 3. The van der Waals surface area contributed by atoms with Crippen LogP contribution in [-0.4, -0.2) is 15.3 Å². The van der Waals surface area contributed by atoms with Crippen LogP contribution in [0, 0.1) is 6.92 Å². The number of benzene rings is 1. The van der Waals surface area contributed by atoms with E-state index in [4.69, 9.17) is 4.42 Å². The van der Waals surface area contributed by atoms with Gasteiger partial charge in [-0.15, -0.1) is 0 Å². The predicted molar refractivity (Wildman–Crippen MR) is 78.5 cm³/mol. The van der Waals surface area contributed by atoms with Gasteiger partial charge in [0.1, 0.15) is 11.3 Å². The SMILES string of the molecule is Cc1c(O)c(-c2ccn[nH]2)cc2c3c(c(=O)oc12)CCC3. The zero-order valence-electron chi connectivity index (χ0n) is 11.6. The summed E-state index contributed by atoms with van der Waals surface area (Å²) in [4.78, 5) is 12.0. The summed E-state index contributed by atoms with van der Waals surface area (Å²) in [5, 5.41) is 18.1. The summed E-state index contributed by atoms with van der Waals surface area (Å²) in [7, 11) is 0. The van der Waals surface area contributed by atoms with Crippen LogP contribution in [-0.2, 0) is 12.8 Å². The lowest BCUT2D eigenvalue weighted by Crippen LogP contribution is -2.07. The molecule has 4 rings (SSSR count). The maximum Gasteiger partial charge on any atom is 0.339 e. The first-order chi connectivity index (χ1) is 10.2. The van der Waals surface area contributed by atoms with Crippen LogP contribution in [0.3, 0.4) is 0 Å². The van der Waals surface area contributed by atoms with Gasteiger partial charge in [-0.1, -0.05) is 0 Å². The van der Waals surface area contributed by atoms with E-state index in [0.717, 1.165) is 41.5 Å². The molecule has 0 unspecified atom stereocenters. The van der Waals surface area contributed by atoms with Crippen molar-refractivity contribution in [2.75, 3.05) is 0 Å². The van der Waals surface area contributed by atoms with E-state index in [9.17, 15) is 9.90 Å². The minimum absolute atomic E-state index is 0.118. The highest BCUT2D eigenvalue weighted by atomic mass is 16.4. The second-order valence-corrected chi connectivity index (χ2v) is 5.44. The van der Waals surface area contributed by atoms with Crippen molar-refractivity contribution >= 4 is 11.0 Å². The summed E-state index contributed by atoms with van der Waals surface area (Å²) >= 11 is 0. The number of hydrogen-bond acceptors (Lipinski definition) is 4. The minimum atomic E-state index is -0.271. The van der Waals surface area contributed by atoms with E-state index in [1.165, 1.54) is 0 Å². The second kappa shape index (κ2) is 4.22. The van der Waals surface area contributed by atoms with Crippen LogP contribution in [0.4, 0.5) is 0 Å². The summed E-state index contributed by atoms with van der Waals surface area (Å²) in [6.45, 7) is 1.77. The highest BCUT2D eigenvalue weighted by molar-refractivity contribution is 5.92. The van der Waals surface area contributed by atoms with E-state index in [1.807, 2.05) is 6.07 Å². The molecular weight excluding hydrogens is 268 g/mol. The molecule has 2 aromatic heterocycles. The fourth-order valence-electron chi connectivity index (χ4n) is 3.18. The van der Waals surface area contributed by atoms with E-state index in [1.54, 1.807) is 19.2 Å². The standard InChI is InChI=1S/C16H14N2O3/c1-8-14(19)12(13-5-6-17-18-13)7-11-9-3-2-4-10(9)16(20)21-15(8)11/h5-7,19H,2-4H2,1H3,(H,17,18). The van der Waals surface area contributed by atoms with Crippen molar-refractivity contribution in [2.45, 2.75) is 26.2 Å². The third kappa shape index (κ3) is 1.63. The Labute approximate surface area is 120 Å². The number of aromatic hydroxyl groups is 1. The first-order valence-electron chi connectivity index (χ1n) is 6.97. The molecule has 0 radical (unpaired) electrons. The number of aryl methyl sites for hydroxylation is 2. The van der Waals surface area contributed by atoms with E-state index in [2.05, 4.69) is 10.2 Å². The van der Waals surface area contributed by atoms with Gasteiger partial charge in [0, 0.05) is 28.3 Å². The van der Waals surface area contributed by atoms with E-state index in [-0.39, 0.29) is 11.4 Å². The molecular formula is C16H14N2O3.